The van der Waals surface area contributed by atoms with Gasteiger partial charge in [-0.2, -0.15) is 0 Å². The molecule has 1 aromatic rings. The number of β-amino-alcohol motifs (C(OH)–C–C–N with tert-alkyl or cyclic N) is 1. The van der Waals surface area contributed by atoms with Gasteiger partial charge in [0.1, 0.15) is 0 Å². The Labute approximate surface area is 112 Å². The molecule has 2 heterocycles. The molecule has 1 saturated heterocycles. The normalized spacial score (nSPS) is 27.3. The molecule has 1 fully saturated rings. The maximum Gasteiger partial charge on any atom is 0.222 e. The lowest BCUT2D eigenvalue weighted by Gasteiger charge is -2.40. The second kappa shape index (κ2) is 5.67. The van der Waals surface area contributed by atoms with Crippen LogP contribution in [0.2, 0.25) is 0 Å². The van der Waals surface area contributed by atoms with Crippen LogP contribution in [0.4, 0.5) is 0 Å². The summed E-state index contributed by atoms with van der Waals surface area (Å²) in [6.45, 7) is 2.32. The molecular formula is C14H20N2O3. The van der Waals surface area contributed by atoms with Crippen LogP contribution in [0.5, 0.6) is 0 Å². The molecule has 0 saturated carbocycles. The van der Waals surface area contributed by atoms with Gasteiger partial charge in [0.05, 0.1) is 11.7 Å². The van der Waals surface area contributed by atoms with Crippen LogP contribution in [-0.2, 0) is 11.2 Å². The fourth-order valence-corrected chi connectivity index (χ4v) is 2.21. The molecule has 0 aliphatic carbocycles. The molecule has 0 bridgehead atoms. The number of pyridine rings is 1. The molecule has 1 amide bonds. The molecule has 0 radical (unpaired) electrons. The highest BCUT2D eigenvalue weighted by atomic mass is 16.3. The Morgan fingerprint density at radius 2 is 2.21 bits per heavy atom. The van der Waals surface area contributed by atoms with Gasteiger partial charge in [-0.1, -0.05) is 0 Å². The standard InChI is InChI=1S/C14H20N2O3/c1-14(19)6-9-16(10-12(14)17)13(18)3-2-11-4-7-15-8-5-11/h4-5,7-8,12,17,19H,2-3,6,9-10H2,1H3/t12-,14-/m0/s1. The van der Waals surface area contributed by atoms with Gasteiger partial charge in [0.2, 0.25) is 5.91 Å². The third-order valence-corrected chi connectivity index (χ3v) is 3.73. The summed E-state index contributed by atoms with van der Waals surface area (Å²) >= 11 is 0. The molecule has 0 spiro atoms. The van der Waals surface area contributed by atoms with E-state index < -0.39 is 11.7 Å². The lowest BCUT2D eigenvalue weighted by Crippen LogP contribution is -2.55. The van der Waals surface area contributed by atoms with Crippen molar-refractivity contribution in [2.24, 2.45) is 0 Å². The highest BCUT2D eigenvalue weighted by Gasteiger charge is 2.37. The Bertz CT molecular complexity index is 434. The second-order valence-corrected chi connectivity index (χ2v) is 5.32. The first kappa shape index (κ1) is 14.0. The zero-order valence-corrected chi connectivity index (χ0v) is 11.1. The molecule has 5 heteroatoms. The third-order valence-electron chi connectivity index (χ3n) is 3.73. The largest absolute Gasteiger partial charge is 0.388 e. The van der Waals surface area contributed by atoms with Crippen molar-refractivity contribution >= 4 is 5.91 Å². The van der Waals surface area contributed by atoms with Crippen LogP contribution in [0.1, 0.15) is 25.3 Å². The smallest absolute Gasteiger partial charge is 0.222 e. The summed E-state index contributed by atoms with van der Waals surface area (Å²) in [7, 11) is 0. The van der Waals surface area contributed by atoms with Crippen molar-refractivity contribution < 1.29 is 15.0 Å². The van der Waals surface area contributed by atoms with E-state index >= 15 is 0 Å². The van der Waals surface area contributed by atoms with Crippen molar-refractivity contribution in [3.8, 4) is 0 Å². The van der Waals surface area contributed by atoms with Gasteiger partial charge in [0, 0.05) is 31.9 Å². The molecule has 1 aromatic heterocycles. The van der Waals surface area contributed by atoms with E-state index in [1.165, 1.54) is 0 Å². The quantitative estimate of drug-likeness (QED) is 0.826. The summed E-state index contributed by atoms with van der Waals surface area (Å²) in [5.74, 6) is 0.0198. The summed E-state index contributed by atoms with van der Waals surface area (Å²) in [5, 5.41) is 19.6. The summed E-state index contributed by atoms with van der Waals surface area (Å²) < 4.78 is 0. The minimum atomic E-state index is -1.08. The molecule has 2 atom stereocenters. The maximum atomic E-state index is 12.0. The van der Waals surface area contributed by atoms with Crippen LogP contribution >= 0.6 is 0 Å². The van der Waals surface area contributed by atoms with Crippen molar-refractivity contribution in [3.05, 3.63) is 30.1 Å². The molecule has 0 unspecified atom stereocenters. The lowest BCUT2D eigenvalue weighted by atomic mass is 9.90. The van der Waals surface area contributed by atoms with Gasteiger partial charge in [-0.3, -0.25) is 9.78 Å². The van der Waals surface area contributed by atoms with Crippen molar-refractivity contribution in [1.29, 1.82) is 0 Å². The number of nitrogens with zero attached hydrogens (tertiary/aromatic N) is 2. The van der Waals surface area contributed by atoms with Gasteiger partial charge >= 0.3 is 0 Å². The predicted molar refractivity (Wildman–Crippen MR) is 70.4 cm³/mol. The predicted octanol–water partition coefficient (Wildman–Crippen LogP) is 0.358. The van der Waals surface area contributed by atoms with Gasteiger partial charge in [0.15, 0.2) is 0 Å². The highest BCUT2D eigenvalue weighted by molar-refractivity contribution is 5.76. The molecule has 2 rings (SSSR count). The number of carbonyl (C=O) groups excluding carboxylic acids is 1. The molecule has 1 aliphatic rings. The average molecular weight is 264 g/mol. The fourth-order valence-electron chi connectivity index (χ4n) is 2.21. The zero-order valence-electron chi connectivity index (χ0n) is 11.1. The van der Waals surface area contributed by atoms with Crippen molar-refractivity contribution in [1.82, 2.24) is 9.88 Å². The van der Waals surface area contributed by atoms with Crippen LogP contribution in [0.25, 0.3) is 0 Å². The number of aromatic nitrogens is 1. The summed E-state index contributed by atoms with van der Waals surface area (Å²) in [6.07, 6.45) is 4.05. The van der Waals surface area contributed by atoms with Gasteiger partial charge in [-0.05, 0) is 37.5 Å². The van der Waals surface area contributed by atoms with E-state index in [9.17, 15) is 15.0 Å². The minimum Gasteiger partial charge on any atom is -0.388 e. The number of amides is 1. The zero-order chi connectivity index (χ0) is 13.9. The Hall–Kier alpha value is -1.46. The third kappa shape index (κ3) is 3.52. The van der Waals surface area contributed by atoms with E-state index in [2.05, 4.69) is 4.98 Å². The Balaban J connectivity index is 1.84. The number of rotatable bonds is 3. The van der Waals surface area contributed by atoms with E-state index in [0.717, 1.165) is 5.56 Å². The van der Waals surface area contributed by atoms with Crippen LogP contribution in [-0.4, -0.2) is 50.8 Å². The van der Waals surface area contributed by atoms with Gasteiger partial charge in [0.25, 0.3) is 0 Å². The maximum absolute atomic E-state index is 12.0. The van der Waals surface area contributed by atoms with Crippen LogP contribution in [0.3, 0.4) is 0 Å². The van der Waals surface area contributed by atoms with Crippen molar-refractivity contribution in [3.63, 3.8) is 0 Å². The SMILES string of the molecule is C[C@]1(O)CCN(C(=O)CCc2ccncc2)C[C@@H]1O. The minimum absolute atomic E-state index is 0.0198. The van der Waals surface area contributed by atoms with Crippen molar-refractivity contribution in [2.45, 2.75) is 37.9 Å². The fraction of sp³-hybridized carbons (Fsp3) is 0.571. The van der Waals surface area contributed by atoms with Crippen molar-refractivity contribution in [2.75, 3.05) is 13.1 Å². The molecule has 19 heavy (non-hydrogen) atoms. The topological polar surface area (TPSA) is 73.7 Å². The van der Waals surface area contributed by atoms with Crippen LogP contribution < -0.4 is 0 Å². The number of hydrogen-bond acceptors (Lipinski definition) is 4. The Morgan fingerprint density at radius 3 is 2.84 bits per heavy atom. The number of piperidine rings is 1. The van der Waals surface area contributed by atoms with Crippen LogP contribution in [0.15, 0.2) is 24.5 Å². The van der Waals surface area contributed by atoms with Gasteiger partial charge in [-0.15, -0.1) is 0 Å². The number of carbonyl (C=O) groups is 1. The number of aryl methyl sites for hydroxylation is 1. The van der Waals surface area contributed by atoms with E-state index in [1.54, 1.807) is 24.2 Å². The Morgan fingerprint density at radius 1 is 1.53 bits per heavy atom. The number of aliphatic hydroxyl groups excluding tert-OH is 1. The molecule has 0 aromatic carbocycles. The van der Waals surface area contributed by atoms with E-state index in [4.69, 9.17) is 0 Å². The number of hydrogen-bond donors (Lipinski definition) is 2. The van der Waals surface area contributed by atoms with E-state index in [-0.39, 0.29) is 12.5 Å². The summed E-state index contributed by atoms with van der Waals surface area (Å²) in [6, 6.07) is 3.78. The first-order chi connectivity index (χ1) is 8.99. The van der Waals surface area contributed by atoms with Gasteiger partial charge in [-0.25, -0.2) is 0 Å². The average Bonchev–Trinajstić information content (AvgIpc) is 2.40. The summed E-state index contributed by atoms with van der Waals surface area (Å²) in [5.41, 5.74) is -0.00471. The molecule has 2 N–H and O–H groups in total. The van der Waals surface area contributed by atoms with Gasteiger partial charge < -0.3 is 15.1 Å². The first-order valence-corrected chi connectivity index (χ1v) is 6.56. The molecule has 104 valence electrons. The van der Waals surface area contributed by atoms with E-state index in [1.807, 2.05) is 12.1 Å². The Kier molecular flexibility index (Phi) is 4.17. The second-order valence-electron chi connectivity index (χ2n) is 5.32. The number of aliphatic hydroxyl groups is 2. The monoisotopic (exact) mass is 264 g/mol. The highest BCUT2D eigenvalue weighted by Crippen LogP contribution is 2.22. The first-order valence-electron chi connectivity index (χ1n) is 6.56. The van der Waals surface area contributed by atoms with E-state index in [0.29, 0.717) is 25.8 Å². The summed E-state index contributed by atoms with van der Waals surface area (Å²) in [4.78, 5) is 17.6. The molecule has 1 aliphatic heterocycles. The molecule has 5 nitrogen and oxygen atoms in total. The lowest BCUT2D eigenvalue weighted by molar-refractivity contribution is -0.146. The van der Waals surface area contributed by atoms with Crippen LogP contribution in [0, 0.1) is 0 Å². The number of likely N-dealkylation sites (tertiary alicyclic amines) is 1. The molecular weight excluding hydrogens is 244 g/mol.